The van der Waals surface area contributed by atoms with Gasteiger partial charge >= 0.3 is 5.97 Å². The van der Waals surface area contributed by atoms with Crippen LogP contribution < -0.4 is 9.47 Å². The van der Waals surface area contributed by atoms with Crippen LogP contribution in [0.5, 0.6) is 11.5 Å². The van der Waals surface area contributed by atoms with Gasteiger partial charge in [0.15, 0.2) is 5.75 Å². The van der Waals surface area contributed by atoms with Crippen LogP contribution in [0.4, 0.5) is 0 Å². The lowest BCUT2D eigenvalue weighted by atomic mass is 9.94. The summed E-state index contributed by atoms with van der Waals surface area (Å²) in [5.74, 6) is -2.70. The maximum absolute atomic E-state index is 13.3. The zero-order valence-electron chi connectivity index (χ0n) is 19.7. The Balaban J connectivity index is 1.89. The number of carboxylic acid groups (broad SMARTS) is 1. The average Bonchev–Trinajstić information content (AvgIpc) is 3.13. The molecule has 1 unspecified atom stereocenters. The van der Waals surface area contributed by atoms with Gasteiger partial charge < -0.3 is 24.6 Å². The van der Waals surface area contributed by atoms with Crippen LogP contribution >= 0.6 is 23.2 Å². The fourth-order valence-electron chi connectivity index (χ4n) is 4.26. The lowest BCUT2D eigenvalue weighted by Gasteiger charge is -2.26. The summed E-state index contributed by atoms with van der Waals surface area (Å²) in [6, 6.07) is 14.5. The molecule has 1 aliphatic rings. The molecule has 1 fully saturated rings. The summed E-state index contributed by atoms with van der Waals surface area (Å²) >= 11 is 12.5. The lowest BCUT2D eigenvalue weighted by Crippen LogP contribution is -2.29. The highest BCUT2D eigenvalue weighted by Gasteiger charge is 2.47. The van der Waals surface area contributed by atoms with E-state index in [0.717, 1.165) is 0 Å². The van der Waals surface area contributed by atoms with E-state index < -0.39 is 29.5 Å². The number of aromatic carboxylic acids is 1. The average molecular weight is 542 g/mol. The van der Waals surface area contributed by atoms with Crippen molar-refractivity contribution in [3.63, 3.8) is 0 Å². The summed E-state index contributed by atoms with van der Waals surface area (Å²) in [6.45, 7) is -0.0336. The number of benzene rings is 3. The second-order valence-electron chi connectivity index (χ2n) is 8.14. The first-order valence-electron chi connectivity index (χ1n) is 10.9. The van der Waals surface area contributed by atoms with Crippen molar-refractivity contribution in [3.05, 3.63) is 98.5 Å². The first-order chi connectivity index (χ1) is 17.7. The van der Waals surface area contributed by atoms with Crippen molar-refractivity contribution in [3.8, 4) is 11.5 Å². The minimum Gasteiger partial charge on any atom is -0.507 e. The van der Waals surface area contributed by atoms with Gasteiger partial charge in [-0.15, -0.1) is 0 Å². The van der Waals surface area contributed by atoms with Crippen molar-refractivity contribution < 1.29 is 34.1 Å². The van der Waals surface area contributed by atoms with Gasteiger partial charge in [0.1, 0.15) is 11.5 Å². The number of amides is 1. The molecule has 0 aliphatic carbocycles. The van der Waals surface area contributed by atoms with Crippen molar-refractivity contribution >= 4 is 46.6 Å². The Hall–Kier alpha value is -4.01. The van der Waals surface area contributed by atoms with Gasteiger partial charge in [-0.2, -0.15) is 0 Å². The number of likely N-dealkylation sites (tertiary alicyclic amines) is 1. The van der Waals surface area contributed by atoms with Crippen LogP contribution in [0.1, 0.15) is 33.1 Å². The van der Waals surface area contributed by atoms with E-state index in [1.165, 1.54) is 43.4 Å². The lowest BCUT2D eigenvalue weighted by molar-refractivity contribution is -0.140. The van der Waals surface area contributed by atoms with E-state index in [1.807, 2.05) is 0 Å². The van der Waals surface area contributed by atoms with Crippen molar-refractivity contribution in [1.29, 1.82) is 0 Å². The Morgan fingerprint density at radius 3 is 2.11 bits per heavy atom. The fourth-order valence-corrected chi connectivity index (χ4v) is 4.90. The SMILES string of the molecule is COc1ccccc1C1/C(=C(\O)c2cc(Cl)c(OC)c(Cl)c2)C(=O)C(=O)N1Cc1ccc(C(=O)O)cc1. The molecule has 1 amide bonds. The summed E-state index contributed by atoms with van der Waals surface area (Å²) in [4.78, 5) is 39.1. The molecule has 37 heavy (non-hydrogen) atoms. The predicted octanol–water partition coefficient (Wildman–Crippen LogP) is 5.33. The van der Waals surface area contributed by atoms with E-state index in [4.69, 9.17) is 32.7 Å². The smallest absolute Gasteiger partial charge is 0.335 e. The molecule has 1 heterocycles. The molecule has 0 radical (unpaired) electrons. The number of hydrogen-bond donors (Lipinski definition) is 2. The number of aliphatic hydroxyl groups excluding tert-OH is 1. The molecule has 3 aromatic carbocycles. The topological polar surface area (TPSA) is 113 Å². The van der Waals surface area contributed by atoms with Gasteiger partial charge in [-0.3, -0.25) is 9.59 Å². The van der Waals surface area contributed by atoms with Crippen molar-refractivity contribution in [2.45, 2.75) is 12.6 Å². The predicted molar refractivity (Wildman–Crippen MR) is 137 cm³/mol. The van der Waals surface area contributed by atoms with Gasteiger partial charge in [0.25, 0.3) is 11.7 Å². The van der Waals surface area contributed by atoms with Gasteiger partial charge in [0, 0.05) is 17.7 Å². The molecule has 8 nitrogen and oxygen atoms in total. The van der Waals surface area contributed by atoms with Crippen molar-refractivity contribution in [2.75, 3.05) is 14.2 Å². The quantitative estimate of drug-likeness (QED) is 0.236. The zero-order chi connectivity index (χ0) is 26.9. The number of methoxy groups -OCH3 is 2. The summed E-state index contributed by atoms with van der Waals surface area (Å²) in [6.07, 6.45) is 0. The van der Waals surface area contributed by atoms with E-state index >= 15 is 0 Å². The third kappa shape index (κ3) is 4.85. The fraction of sp³-hybridized carbons (Fsp3) is 0.148. The van der Waals surface area contributed by atoms with Crippen LogP contribution in [0, 0.1) is 0 Å². The standard InChI is InChI=1S/C27H21Cl2NO7/c1-36-20-6-4-3-5-17(20)22-21(23(31)16-11-18(28)25(37-2)19(29)12-16)24(32)26(33)30(22)13-14-7-9-15(10-8-14)27(34)35/h3-12,22,31H,13H2,1-2H3,(H,34,35)/b23-21+. The minimum atomic E-state index is -1.09. The number of hydrogen-bond acceptors (Lipinski definition) is 6. The number of Topliss-reactive ketones (excluding diaryl/α,β-unsaturated/α-hetero) is 1. The minimum absolute atomic E-state index is 0.0336. The third-order valence-corrected chi connectivity index (χ3v) is 6.56. The molecule has 1 atom stereocenters. The number of nitrogens with zero attached hydrogens (tertiary/aromatic N) is 1. The summed E-state index contributed by atoms with van der Waals surface area (Å²) < 4.78 is 10.7. The van der Waals surface area contributed by atoms with Crippen LogP contribution in [-0.4, -0.2) is 47.0 Å². The largest absolute Gasteiger partial charge is 0.507 e. The molecule has 0 spiro atoms. The highest BCUT2D eigenvalue weighted by Crippen LogP contribution is 2.44. The van der Waals surface area contributed by atoms with Crippen LogP contribution in [-0.2, 0) is 16.1 Å². The number of carboxylic acids is 1. The molecule has 1 saturated heterocycles. The number of carbonyl (C=O) groups excluding carboxylic acids is 2. The Kier molecular flexibility index (Phi) is 7.42. The highest BCUT2D eigenvalue weighted by atomic mass is 35.5. The number of aliphatic hydroxyl groups is 1. The number of ether oxygens (including phenoxy) is 2. The first-order valence-corrected chi connectivity index (χ1v) is 11.7. The Morgan fingerprint density at radius 2 is 1.54 bits per heavy atom. The van der Waals surface area contributed by atoms with Crippen LogP contribution in [0.15, 0.2) is 66.2 Å². The Morgan fingerprint density at radius 1 is 0.919 bits per heavy atom. The van der Waals surface area contributed by atoms with Crippen LogP contribution in [0.25, 0.3) is 5.76 Å². The molecular weight excluding hydrogens is 521 g/mol. The number of ketones is 1. The zero-order valence-corrected chi connectivity index (χ0v) is 21.2. The molecular formula is C27H21Cl2NO7. The normalized spacial score (nSPS) is 16.6. The van der Waals surface area contributed by atoms with Crippen LogP contribution in [0.2, 0.25) is 10.0 Å². The molecule has 4 rings (SSSR count). The van der Waals surface area contributed by atoms with E-state index in [0.29, 0.717) is 16.9 Å². The maximum atomic E-state index is 13.3. The van der Waals surface area contributed by atoms with Crippen molar-refractivity contribution in [1.82, 2.24) is 4.90 Å². The second-order valence-corrected chi connectivity index (χ2v) is 8.96. The van der Waals surface area contributed by atoms with Gasteiger partial charge in [0.05, 0.1) is 41.4 Å². The van der Waals surface area contributed by atoms with Crippen molar-refractivity contribution in [2.24, 2.45) is 0 Å². The van der Waals surface area contributed by atoms with Gasteiger partial charge in [-0.05, 0) is 35.9 Å². The van der Waals surface area contributed by atoms with Crippen LogP contribution in [0.3, 0.4) is 0 Å². The summed E-state index contributed by atoms with van der Waals surface area (Å²) in [5, 5.41) is 20.7. The molecule has 2 N–H and O–H groups in total. The van der Waals surface area contributed by atoms with E-state index in [-0.39, 0.29) is 39.0 Å². The Bertz CT molecular complexity index is 1410. The third-order valence-electron chi connectivity index (χ3n) is 6.00. The van der Waals surface area contributed by atoms with E-state index in [1.54, 1.807) is 36.4 Å². The summed E-state index contributed by atoms with van der Waals surface area (Å²) in [5.41, 5.74) is 1.09. The molecule has 190 valence electrons. The van der Waals surface area contributed by atoms with Gasteiger partial charge in [-0.25, -0.2) is 4.79 Å². The monoisotopic (exact) mass is 541 g/mol. The van der Waals surface area contributed by atoms with Gasteiger partial charge in [0.2, 0.25) is 0 Å². The number of halogens is 2. The highest BCUT2D eigenvalue weighted by molar-refractivity contribution is 6.46. The second kappa shape index (κ2) is 10.5. The molecule has 0 bridgehead atoms. The molecule has 0 aromatic heterocycles. The number of carbonyl (C=O) groups is 3. The summed E-state index contributed by atoms with van der Waals surface area (Å²) in [7, 11) is 2.85. The maximum Gasteiger partial charge on any atom is 0.335 e. The number of rotatable bonds is 7. The number of para-hydroxylation sites is 1. The van der Waals surface area contributed by atoms with E-state index in [2.05, 4.69) is 0 Å². The van der Waals surface area contributed by atoms with Gasteiger partial charge in [-0.1, -0.05) is 53.5 Å². The molecule has 10 heteroatoms. The Labute approximate surface area is 222 Å². The van der Waals surface area contributed by atoms with E-state index in [9.17, 15) is 24.6 Å². The first kappa shape index (κ1) is 26.1. The molecule has 1 aliphatic heterocycles. The molecule has 0 saturated carbocycles. The molecule has 3 aromatic rings.